The Kier molecular flexibility index (Phi) is 10.2. The highest BCUT2D eigenvalue weighted by atomic mass is 35.5. The van der Waals surface area contributed by atoms with Gasteiger partial charge in [0.1, 0.15) is 17.6 Å². The number of carbonyl (C=O) groups is 3. The molecule has 0 saturated carbocycles. The lowest BCUT2D eigenvalue weighted by Crippen LogP contribution is -2.57. The summed E-state index contributed by atoms with van der Waals surface area (Å²) in [6, 6.07) is 11.6. The van der Waals surface area contributed by atoms with E-state index in [1.165, 1.54) is 31.2 Å². The fourth-order valence-electron chi connectivity index (χ4n) is 5.24. The van der Waals surface area contributed by atoms with Gasteiger partial charge in [-0.15, -0.1) is 6.58 Å². The van der Waals surface area contributed by atoms with Crippen LogP contribution in [0.4, 0.5) is 13.2 Å². The fraction of sp³-hybridized carbons (Fsp3) is 0.303. The van der Waals surface area contributed by atoms with Gasteiger partial charge in [0, 0.05) is 22.7 Å². The van der Waals surface area contributed by atoms with Crippen LogP contribution in [0.2, 0.25) is 5.02 Å². The Morgan fingerprint density at radius 3 is 2.49 bits per heavy atom. The van der Waals surface area contributed by atoms with Crippen LogP contribution >= 0.6 is 11.6 Å². The lowest BCUT2D eigenvalue weighted by Gasteiger charge is -2.33. The highest BCUT2D eigenvalue weighted by Gasteiger charge is 2.52. The van der Waals surface area contributed by atoms with Crippen molar-refractivity contribution >= 4 is 29.3 Å². The van der Waals surface area contributed by atoms with Gasteiger partial charge in [-0.2, -0.15) is 0 Å². The van der Waals surface area contributed by atoms with E-state index in [1.54, 1.807) is 30.3 Å². The molecule has 0 aromatic heterocycles. The average molecular weight is 644 g/mol. The first-order valence-electron chi connectivity index (χ1n) is 14.1. The van der Waals surface area contributed by atoms with E-state index in [4.69, 9.17) is 11.6 Å². The minimum atomic E-state index is -3.66. The molecule has 1 saturated heterocycles. The number of halogens is 4. The molecule has 12 heteroatoms. The second-order valence-electron chi connectivity index (χ2n) is 10.9. The Morgan fingerprint density at radius 2 is 1.84 bits per heavy atom. The number of nitrogens with zero attached hydrogens (tertiary/aromatic N) is 2. The number of benzene rings is 3. The molecule has 3 aromatic carbocycles. The van der Waals surface area contributed by atoms with E-state index >= 15 is 8.78 Å². The van der Waals surface area contributed by atoms with Crippen LogP contribution in [0.3, 0.4) is 0 Å². The van der Waals surface area contributed by atoms with Crippen molar-refractivity contribution in [3.05, 3.63) is 112 Å². The van der Waals surface area contributed by atoms with Gasteiger partial charge in [0.25, 0.3) is 17.7 Å². The second-order valence-corrected chi connectivity index (χ2v) is 11.4. The summed E-state index contributed by atoms with van der Waals surface area (Å²) in [6.07, 6.45) is -1.10. The predicted molar refractivity (Wildman–Crippen MR) is 162 cm³/mol. The molecule has 238 valence electrons. The van der Waals surface area contributed by atoms with E-state index in [0.717, 1.165) is 30.0 Å². The molecular formula is C33H33ClF3N3O5. The quantitative estimate of drug-likeness (QED) is 0.294. The summed E-state index contributed by atoms with van der Waals surface area (Å²) in [6.45, 7) is 4.59. The first-order valence-corrected chi connectivity index (χ1v) is 14.5. The molecule has 4 rings (SSSR count). The minimum Gasteiger partial charge on any atom is -0.508 e. The molecular weight excluding hydrogens is 611 g/mol. The molecule has 1 unspecified atom stereocenters. The predicted octanol–water partition coefficient (Wildman–Crippen LogP) is 4.64. The van der Waals surface area contributed by atoms with Gasteiger partial charge < -0.3 is 25.3 Å². The lowest BCUT2D eigenvalue weighted by molar-refractivity contribution is -0.150. The highest BCUT2D eigenvalue weighted by molar-refractivity contribution is 6.31. The normalized spacial score (nSPS) is 19.4. The third-order valence-corrected chi connectivity index (χ3v) is 8.34. The van der Waals surface area contributed by atoms with Gasteiger partial charge in [-0.25, -0.2) is 13.2 Å². The van der Waals surface area contributed by atoms with Crippen LogP contribution in [0.15, 0.2) is 79.4 Å². The molecule has 1 aliphatic heterocycles. The number of hydrogen-bond acceptors (Lipinski definition) is 5. The molecule has 3 amide bonds. The number of nitrogens with one attached hydrogen (secondary N) is 1. The first kappa shape index (κ1) is 33.5. The highest BCUT2D eigenvalue weighted by Crippen LogP contribution is 2.33. The van der Waals surface area contributed by atoms with Gasteiger partial charge in [-0.05, 0) is 55.7 Å². The summed E-state index contributed by atoms with van der Waals surface area (Å²) < 4.78 is 45.0. The van der Waals surface area contributed by atoms with Crippen LogP contribution in [0.25, 0.3) is 0 Å². The zero-order valence-electron chi connectivity index (χ0n) is 24.6. The molecule has 45 heavy (non-hydrogen) atoms. The first-order chi connectivity index (χ1) is 21.2. The van der Waals surface area contributed by atoms with Gasteiger partial charge in [-0.3, -0.25) is 14.4 Å². The van der Waals surface area contributed by atoms with Crippen LogP contribution in [0.1, 0.15) is 34.0 Å². The third-order valence-electron chi connectivity index (χ3n) is 7.99. The van der Waals surface area contributed by atoms with Crippen molar-refractivity contribution in [1.29, 1.82) is 0 Å². The Morgan fingerprint density at radius 1 is 1.16 bits per heavy atom. The number of aromatic hydroxyl groups is 1. The molecule has 0 spiro atoms. The topological polar surface area (TPSA) is 110 Å². The number of carbonyl (C=O) groups excluding carboxylic acids is 3. The van der Waals surface area contributed by atoms with Gasteiger partial charge >= 0.3 is 0 Å². The minimum absolute atomic E-state index is 0.0671. The molecule has 3 aromatic rings. The monoisotopic (exact) mass is 643 g/mol. The van der Waals surface area contributed by atoms with Gasteiger partial charge in [0.15, 0.2) is 6.10 Å². The van der Waals surface area contributed by atoms with Crippen LogP contribution in [0.5, 0.6) is 5.75 Å². The van der Waals surface area contributed by atoms with E-state index in [9.17, 15) is 29.0 Å². The Hall–Kier alpha value is -4.35. The van der Waals surface area contributed by atoms with Crippen molar-refractivity contribution in [3.63, 3.8) is 0 Å². The third kappa shape index (κ3) is 7.32. The molecule has 0 aliphatic carbocycles. The molecule has 3 N–H and O–H groups in total. The van der Waals surface area contributed by atoms with Crippen molar-refractivity contribution in [2.24, 2.45) is 0 Å². The molecule has 1 aliphatic rings. The Bertz CT molecular complexity index is 1590. The summed E-state index contributed by atoms with van der Waals surface area (Å²) in [5.41, 5.74) is 1.17. The number of aliphatic hydroxyl groups excluding tert-OH is 1. The van der Waals surface area contributed by atoms with E-state index < -0.39 is 66.8 Å². The van der Waals surface area contributed by atoms with E-state index in [1.807, 2.05) is 0 Å². The number of hydrogen-bond donors (Lipinski definition) is 3. The standard InChI is InChI=1S/C33H33ClF3N3O5/c1-4-27-31(44)39(17-22-13-14-23(35)16-25(22)34)20(3)33(36,37)18-40(27)32(45)29(42)26(15-21-9-6-5-7-10-21)38-30(43)24-11-8-12-28(41)19(24)2/h4-14,16,20,26-27,29,41-42H,1,15,17-18H2,2-3H3,(H,38,43)/t20?,26-,27-,29-/m0/s1. The Labute approximate surface area is 263 Å². The van der Waals surface area contributed by atoms with E-state index in [-0.39, 0.29) is 33.9 Å². The molecule has 0 bridgehead atoms. The lowest BCUT2D eigenvalue weighted by atomic mass is 9.98. The fourth-order valence-corrected chi connectivity index (χ4v) is 5.47. The maximum atomic E-state index is 15.7. The molecule has 1 heterocycles. The zero-order valence-corrected chi connectivity index (χ0v) is 25.3. The summed E-state index contributed by atoms with van der Waals surface area (Å²) in [4.78, 5) is 42.3. The number of amides is 3. The van der Waals surface area contributed by atoms with Crippen LogP contribution in [-0.4, -0.2) is 74.4 Å². The molecule has 1 fully saturated rings. The summed E-state index contributed by atoms with van der Waals surface area (Å²) in [5, 5.41) is 24.0. The maximum Gasteiger partial charge on any atom is 0.285 e. The van der Waals surface area contributed by atoms with Gasteiger partial charge in [0.05, 0.1) is 18.6 Å². The summed E-state index contributed by atoms with van der Waals surface area (Å²) >= 11 is 6.12. The second kappa shape index (κ2) is 13.7. The average Bonchev–Trinajstić information content (AvgIpc) is 3.07. The molecule has 0 radical (unpaired) electrons. The zero-order chi connectivity index (χ0) is 33.1. The summed E-state index contributed by atoms with van der Waals surface area (Å²) in [5.74, 6) is -7.30. The molecule has 4 atom stereocenters. The number of rotatable bonds is 9. The molecule has 8 nitrogen and oxygen atoms in total. The summed E-state index contributed by atoms with van der Waals surface area (Å²) in [7, 11) is 0. The van der Waals surface area contributed by atoms with Crippen molar-refractivity contribution in [2.75, 3.05) is 6.54 Å². The van der Waals surface area contributed by atoms with E-state index in [2.05, 4.69) is 11.9 Å². The maximum absolute atomic E-state index is 15.7. The number of phenolic OH excluding ortho intramolecular Hbond substituents is 1. The van der Waals surface area contributed by atoms with Crippen molar-refractivity contribution < 1.29 is 37.8 Å². The van der Waals surface area contributed by atoms with Crippen LogP contribution in [0, 0.1) is 12.7 Å². The van der Waals surface area contributed by atoms with Crippen molar-refractivity contribution in [2.45, 2.75) is 57.0 Å². The number of alkyl halides is 2. The van der Waals surface area contributed by atoms with Gasteiger partial charge in [0.2, 0.25) is 5.91 Å². The van der Waals surface area contributed by atoms with Crippen LogP contribution in [-0.2, 0) is 22.6 Å². The number of phenols is 1. The SMILES string of the molecule is C=C[C@H]1C(=O)N(Cc2ccc(F)cc2Cl)C(C)C(F)(F)CN1C(=O)[C@@H](O)[C@H](Cc1ccccc1)NC(=O)c1cccc(O)c1C. The van der Waals surface area contributed by atoms with Crippen molar-refractivity contribution in [3.8, 4) is 5.75 Å². The van der Waals surface area contributed by atoms with E-state index in [0.29, 0.717) is 10.5 Å². The Balaban J connectivity index is 1.67. The van der Waals surface area contributed by atoms with Crippen molar-refractivity contribution in [1.82, 2.24) is 15.1 Å². The van der Waals surface area contributed by atoms with Gasteiger partial charge in [-0.1, -0.05) is 60.1 Å². The smallest absolute Gasteiger partial charge is 0.285 e. The van der Waals surface area contributed by atoms with Crippen LogP contribution < -0.4 is 5.32 Å². The largest absolute Gasteiger partial charge is 0.508 e. The number of aliphatic hydroxyl groups is 1.